The van der Waals surface area contributed by atoms with Gasteiger partial charge in [-0.2, -0.15) is 0 Å². The molecule has 0 unspecified atom stereocenters. The van der Waals surface area contributed by atoms with E-state index in [2.05, 4.69) is 15.2 Å². The lowest BCUT2D eigenvalue weighted by Crippen LogP contribution is -2.51. The molecule has 28 heavy (non-hydrogen) atoms. The van der Waals surface area contributed by atoms with Crippen molar-refractivity contribution in [3.63, 3.8) is 0 Å². The van der Waals surface area contributed by atoms with Crippen molar-refractivity contribution < 1.29 is 14.0 Å². The van der Waals surface area contributed by atoms with Gasteiger partial charge in [0.1, 0.15) is 0 Å². The topological polar surface area (TPSA) is 78.7 Å². The Morgan fingerprint density at radius 1 is 1.18 bits per heavy atom. The van der Waals surface area contributed by atoms with Crippen molar-refractivity contribution in [3.05, 3.63) is 41.9 Å². The molecule has 1 fully saturated rings. The van der Waals surface area contributed by atoms with Gasteiger partial charge in [-0.25, -0.2) is 4.98 Å². The van der Waals surface area contributed by atoms with Gasteiger partial charge in [0.15, 0.2) is 17.8 Å². The smallest absolute Gasteiger partial charge is 0.276 e. The number of carbonyl (C=O) groups is 2. The number of aromatic nitrogens is 1. The molecule has 0 spiro atoms. The average molecular weight is 384 g/mol. The molecule has 1 aliphatic heterocycles. The van der Waals surface area contributed by atoms with Gasteiger partial charge in [0.05, 0.1) is 6.54 Å². The van der Waals surface area contributed by atoms with Crippen molar-refractivity contribution in [2.75, 3.05) is 32.7 Å². The number of carbonyl (C=O) groups excluding carboxylic acids is 2. The Kier molecular flexibility index (Phi) is 6.46. The van der Waals surface area contributed by atoms with Gasteiger partial charge in [0.25, 0.3) is 5.91 Å². The average Bonchev–Trinajstić information content (AvgIpc) is 3.18. The van der Waals surface area contributed by atoms with Gasteiger partial charge in [-0.1, -0.05) is 36.8 Å². The highest BCUT2D eigenvalue weighted by atomic mass is 16.3. The zero-order valence-electron chi connectivity index (χ0n) is 16.8. The molecule has 150 valence electrons. The maximum atomic E-state index is 12.9. The lowest BCUT2D eigenvalue weighted by atomic mass is 10.1. The molecular formula is C21H28N4O3. The second-order valence-electron chi connectivity index (χ2n) is 7.34. The van der Waals surface area contributed by atoms with Gasteiger partial charge in [0, 0.05) is 37.8 Å². The molecule has 3 rings (SSSR count). The minimum atomic E-state index is -0.131. The van der Waals surface area contributed by atoms with E-state index >= 15 is 0 Å². The maximum Gasteiger partial charge on any atom is 0.276 e. The molecular weight excluding hydrogens is 356 g/mol. The molecule has 1 aromatic heterocycles. The largest absolute Gasteiger partial charge is 0.443 e. The summed E-state index contributed by atoms with van der Waals surface area (Å²) < 4.78 is 5.50. The van der Waals surface area contributed by atoms with E-state index in [-0.39, 0.29) is 17.9 Å². The second-order valence-corrected chi connectivity index (χ2v) is 7.34. The summed E-state index contributed by atoms with van der Waals surface area (Å²) in [6.07, 6.45) is 2.23. The van der Waals surface area contributed by atoms with Gasteiger partial charge in [-0.05, 0) is 20.3 Å². The van der Waals surface area contributed by atoms with Crippen LogP contribution in [0.5, 0.6) is 0 Å². The van der Waals surface area contributed by atoms with Crippen LogP contribution in [0.1, 0.15) is 36.3 Å². The Morgan fingerprint density at radius 3 is 2.50 bits per heavy atom. The summed E-state index contributed by atoms with van der Waals surface area (Å²) in [6, 6.07) is 8.01. The number of amides is 2. The molecule has 2 aromatic rings. The van der Waals surface area contributed by atoms with Crippen LogP contribution in [-0.2, 0) is 4.79 Å². The fraction of sp³-hybridized carbons (Fsp3) is 0.476. The Bertz CT molecular complexity index is 807. The molecule has 1 N–H and O–H groups in total. The SMILES string of the molecule is CC[C@H](C)NC(=O)CN1CCN(C(=O)c2ncoc2-c2ccc(C)cc2)CC1. The summed E-state index contributed by atoms with van der Waals surface area (Å²) >= 11 is 0. The third kappa shape index (κ3) is 4.78. The van der Waals surface area contributed by atoms with Crippen LogP contribution in [0.2, 0.25) is 0 Å². The number of hydrogen-bond acceptors (Lipinski definition) is 5. The van der Waals surface area contributed by atoms with Crippen molar-refractivity contribution in [3.8, 4) is 11.3 Å². The van der Waals surface area contributed by atoms with Crippen LogP contribution in [-0.4, -0.2) is 65.4 Å². The standard InChI is InChI=1S/C21H28N4O3/c1-4-16(3)23-18(26)13-24-9-11-25(12-10-24)21(27)19-20(28-14-22-19)17-7-5-15(2)6-8-17/h5-8,14,16H,4,9-13H2,1-3H3,(H,23,26)/t16-/m0/s1. The van der Waals surface area contributed by atoms with Crippen molar-refractivity contribution in [1.82, 2.24) is 20.1 Å². The molecule has 1 atom stereocenters. The zero-order chi connectivity index (χ0) is 20.1. The lowest BCUT2D eigenvalue weighted by molar-refractivity contribution is -0.123. The predicted octanol–water partition coefficient (Wildman–Crippen LogP) is 2.32. The summed E-state index contributed by atoms with van der Waals surface area (Å²) in [6.45, 7) is 8.88. The number of piperazine rings is 1. The van der Waals surface area contributed by atoms with Crippen molar-refractivity contribution in [2.45, 2.75) is 33.2 Å². The van der Waals surface area contributed by atoms with E-state index in [1.165, 1.54) is 6.39 Å². The van der Waals surface area contributed by atoms with Crippen LogP contribution >= 0.6 is 0 Å². The molecule has 7 nitrogen and oxygen atoms in total. The summed E-state index contributed by atoms with van der Waals surface area (Å²) in [5.74, 6) is 0.403. The maximum absolute atomic E-state index is 12.9. The van der Waals surface area contributed by atoms with Crippen molar-refractivity contribution >= 4 is 11.8 Å². The fourth-order valence-corrected chi connectivity index (χ4v) is 3.19. The molecule has 1 aliphatic rings. The van der Waals surface area contributed by atoms with E-state index in [4.69, 9.17) is 4.42 Å². The van der Waals surface area contributed by atoms with Crippen LogP contribution < -0.4 is 5.32 Å². The number of rotatable bonds is 6. The number of aryl methyl sites for hydroxylation is 1. The van der Waals surface area contributed by atoms with Crippen LogP contribution in [0.25, 0.3) is 11.3 Å². The van der Waals surface area contributed by atoms with E-state index in [1.54, 1.807) is 4.90 Å². The third-order valence-electron chi connectivity index (χ3n) is 5.13. The Labute approximate surface area is 165 Å². The van der Waals surface area contributed by atoms with Gasteiger partial charge in [-0.3, -0.25) is 14.5 Å². The van der Waals surface area contributed by atoms with Crippen LogP contribution in [0.4, 0.5) is 0 Å². The molecule has 1 aromatic carbocycles. The van der Waals surface area contributed by atoms with E-state index < -0.39 is 0 Å². The Balaban J connectivity index is 1.58. The predicted molar refractivity (Wildman–Crippen MR) is 107 cm³/mol. The first-order chi connectivity index (χ1) is 13.5. The molecule has 1 saturated heterocycles. The van der Waals surface area contributed by atoms with Crippen LogP contribution in [0, 0.1) is 6.92 Å². The van der Waals surface area contributed by atoms with E-state index in [9.17, 15) is 9.59 Å². The number of nitrogens with zero attached hydrogens (tertiary/aromatic N) is 3. The zero-order valence-corrected chi connectivity index (χ0v) is 16.8. The lowest BCUT2D eigenvalue weighted by Gasteiger charge is -2.34. The minimum absolute atomic E-state index is 0.0345. The van der Waals surface area contributed by atoms with Gasteiger partial charge < -0.3 is 14.6 Å². The van der Waals surface area contributed by atoms with Gasteiger partial charge in [0.2, 0.25) is 5.91 Å². The first kappa shape index (κ1) is 20.1. The van der Waals surface area contributed by atoms with E-state index in [0.717, 1.165) is 17.5 Å². The summed E-state index contributed by atoms with van der Waals surface area (Å²) in [4.78, 5) is 33.0. The first-order valence-corrected chi connectivity index (χ1v) is 9.79. The van der Waals surface area contributed by atoms with E-state index in [0.29, 0.717) is 44.2 Å². The van der Waals surface area contributed by atoms with E-state index in [1.807, 2.05) is 45.0 Å². The second kappa shape index (κ2) is 9.01. The minimum Gasteiger partial charge on any atom is -0.443 e. The number of hydrogen-bond donors (Lipinski definition) is 1. The third-order valence-corrected chi connectivity index (χ3v) is 5.13. The fourth-order valence-electron chi connectivity index (χ4n) is 3.19. The van der Waals surface area contributed by atoms with Crippen molar-refractivity contribution in [1.29, 1.82) is 0 Å². The molecule has 7 heteroatoms. The normalized spacial score (nSPS) is 16.0. The Morgan fingerprint density at radius 2 is 1.86 bits per heavy atom. The summed E-state index contributed by atoms with van der Waals surface area (Å²) in [5.41, 5.74) is 2.32. The highest BCUT2D eigenvalue weighted by molar-refractivity contribution is 5.97. The molecule has 0 aliphatic carbocycles. The number of benzene rings is 1. The molecule has 2 heterocycles. The first-order valence-electron chi connectivity index (χ1n) is 9.79. The molecule has 0 radical (unpaired) electrons. The number of nitrogens with one attached hydrogen (secondary N) is 1. The van der Waals surface area contributed by atoms with Crippen LogP contribution in [0.15, 0.2) is 35.1 Å². The molecule has 0 bridgehead atoms. The number of oxazole rings is 1. The molecule has 2 amide bonds. The summed E-state index contributed by atoms with van der Waals surface area (Å²) in [7, 11) is 0. The van der Waals surface area contributed by atoms with Gasteiger partial charge in [-0.15, -0.1) is 0 Å². The quantitative estimate of drug-likeness (QED) is 0.827. The van der Waals surface area contributed by atoms with Crippen molar-refractivity contribution in [2.24, 2.45) is 0 Å². The van der Waals surface area contributed by atoms with Crippen LogP contribution in [0.3, 0.4) is 0 Å². The highest BCUT2D eigenvalue weighted by Crippen LogP contribution is 2.24. The van der Waals surface area contributed by atoms with Gasteiger partial charge >= 0.3 is 0 Å². The monoisotopic (exact) mass is 384 g/mol. The molecule has 0 saturated carbocycles. The Hall–Kier alpha value is -2.67. The highest BCUT2D eigenvalue weighted by Gasteiger charge is 2.27. The summed E-state index contributed by atoms with van der Waals surface area (Å²) in [5, 5.41) is 2.98.